The third kappa shape index (κ3) is 1.49. The zero-order valence-electron chi connectivity index (χ0n) is 19.0. The number of aliphatic hydroxyl groups is 1. The van der Waals surface area contributed by atoms with Gasteiger partial charge in [0.25, 0.3) is 0 Å². The number of rotatable bonds is 3. The van der Waals surface area contributed by atoms with Crippen molar-refractivity contribution < 1.29 is 28.8 Å². The van der Waals surface area contributed by atoms with Crippen molar-refractivity contribution in [2.45, 2.75) is 87.4 Å². The maximum Gasteiger partial charge on any atom is 0.148 e. The number of ether oxygens (including phenoxy) is 5. The third-order valence-electron chi connectivity index (χ3n) is 12.0. The second kappa shape index (κ2) is 5.35. The van der Waals surface area contributed by atoms with Gasteiger partial charge in [-0.05, 0) is 31.7 Å². The van der Waals surface area contributed by atoms with Gasteiger partial charge < -0.3 is 28.8 Å². The maximum absolute atomic E-state index is 12.4. The zero-order chi connectivity index (χ0) is 21.1. The second-order valence-corrected chi connectivity index (χ2v) is 12.0. The smallest absolute Gasteiger partial charge is 0.148 e. The van der Waals surface area contributed by atoms with Gasteiger partial charge in [0.1, 0.15) is 24.2 Å². The molecule has 5 saturated carbocycles. The van der Waals surface area contributed by atoms with Gasteiger partial charge in [0, 0.05) is 49.2 Å². The third-order valence-corrected chi connectivity index (χ3v) is 12.0. The lowest BCUT2D eigenvalue weighted by molar-refractivity contribution is -0.396. The minimum absolute atomic E-state index is 0.0583. The van der Waals surface area contributed by atoms with Gasteiger partial charge in [0.05, 0.1) is 30.5 Å². The number of piperidine rings is 1. The Kier molecular flexibility index (Phi) is 3.29. The van der Waals surface area contributed by atoms with Crippen LogP contribution in [-0.2, 0) is 23.7 Å². The summed E-state index contributed by atoms with van der Waals surface area (Å²) in [7, 11) is 3.67. The molecule has 0 aromatic heterocycles. The van der Waals surface area contributed by atoms with Gasteiger partial charge in [-0.2, -0.15) is 0 Å². The number of methoxy groups -OCH3 is 2. The van der Waals surface area contributed by atoms with Crippen molar-refractivity contribution >= 4 is 0 Å². The molecule has 7 heteroatoms. The Labute approximate surface area is 183 Å². The van der Waals surface area contributed by atoms with Crippen molar-refractivity contribution in [3.05, 3.63) is 0 Å². The van der Waals surface area contributed by atoms with Crippen LogP contribution >= 0.6 is 0 Å². The summed E-state index contributed by atoms with van der Waals surface area (Å²) in [5, 5.41) is 12.4. The molecule has 9 bridgehead atoms. The van der Waals surface area contributed by atoms with E-state index in [1.165, 1.54) is 0 Å². The van der Waals surface area contributed by atoms with E-state index >= 15 is 0 Å². The lowest BCUT2D eigenvalue weighted by Gasteiger charge is -2.76. The van der Waals surface area contributed by atoms with Gasteiger partial charge >= 0.3 is 0 Å². The van der Waals surface area contributed by atoms with E-state index in [1.54, 1.807) is 0 Å². The highest BCUT2D eigenvalue weighted by Gasteiger charge is 2.95. The number of nitrogens with zero attached hydrogens (tertiary/aromatic N) is 1. The summed E-state index contributed by atoms with van der Waals surface area (Å²) in [4.78, 5) is 2.57. The first-order valence-electron chi connectivity index (χ1n) is 12.4. The summed E-state index contributed by atoms with van der Waals surface area (Å²) < 4.78 is 32.7. The molecule has 0 amide bonds. The van der Waals surface area contributed by atoms with Crippen LogP contribution in [0.5, 0.6) is 0 Å². The van der Waals surface area contributed by atoms with Crippen molar-refractivity contribution in [1.82, 2.24) is 4.90 Å². The van der Waals surface area contributed by atoms with Crippen molar-refractivity contribution in [1.29, 1.82) is 0 Å². The van der Waals surface area contributed by atoms with Crippen molar-refractivity contribution in [3.8, 4) is 0 Å². The minimum atomic E-state index is -0.736. The standard InChI is InChI=1S/C24H35NO6/c1-5-25-19-23-12-8-11-13(27-3)9-22(15(12)16(11)28-4)24(19,30-10-29-22)18(26)17(23)21(2)7-6-14(23)31-20(21)25/h11-20,26H,5-10H2,1-4H3/t11-,12-,13+,14+,15-,16+,17-,18+,19+,20+,21-,22-,23+,24+/m1/s1. The summed E-state index contributed by atoms with van der Waals surface area (Å²) >= 11 is 0. The number of aliphatic hydroxyl groups excluding tert-OH is 1. The average Bonchev–Trinajstić information content (AvgIpc) is 3.37. The van der Waals surface area contributed by atoms with E-state index in [2.05, 4.69) is 18.7 Å². The van der Waals surface area contributed by atoms with Gasteiger partial charge in [-0.15, -0.1) is 0 Å². The van der Waals surface area contributed by atoms with Crippen molar-refractivity contribution in [2.24, 2.45) is 34.5 Å². The van der Waals surface area contributed by atoms with Crippen LogP contribution in [-0.4, -0.2) is 85.5 Å². The predicted octanol–water partition coefficient (Wildman–Crippen LogP) is 1.37. The van der Waals surface area contributed by atoms with E-state index in [0.717, 1.165) is 32.2 Å². The Hall–Kier alpha value is -0.280. The minimum Gasteiger partial charge on any atom is -0.390 e. The lowest BCUT2D eigenvalue weighted by Crippen LogP contribution is -2.85. The number of hydrogen-bond donors (Lipinski definition) is 1. The van der Waals surface area contributed by atoms with Crippen molar-refractivity contribution in [3.63, 3.8) is 0 Å². The van der Waals surface area contributed by atoms with E-state index in [0.29, 0.717) is 11.8 Å². The molecule has 172 valence electrons. The molecule has 10 fully saturated rings. The summed E-state index contributed by atoms with van der Waals surface area (Å²) in [5.74, 6) is 1.16. The highest BCUT2D eigenvalue weighted by atomic mass is 16.7. The Morgan fingerprint density at radius 2 is 2.03 bits per heavy atom. The van der Waals surface area contributed by atoms with E-state index in [-0.39, 0.29) is 60.0 Å². The highest BCUT2D eigenvalue weighted by Crippen LogP contribution is 2.85. The summed E-state index contributed by atoms with van der Waals surface area (Å²) in [6.07, 6.45) is 3.91. The molecular formula is C24H35NO6. The first kappa shape index (κ1) is 19.1. The molecule has 10 aliphatic rings. The fourth-order valence-electron chi connectivity index (χ4n) is 11.7. The van der Waals surface area contributed by atoms with Crippen LogP contribution in [0.15, 0.2) is 0 Å². The zero-order valence-corrected chi connectivity index (χ0v) is 19.0. The Morgan fingerprint density at radius 3 is 2.77 bits per heavy atom. The van der Waals surface area contributed by atoms with E-state index in [4.69, 9.17) is 23.7 Å². The molecule has 31 heavy (non-hydrogen) atoms. The molecule has 10 rings (SSSR count). The monoisotopic (exact) mass is 433 g/mol. The van der Waals surface area contributed by atoms with Crippen LogP contribution in [0.4, 0.5) is 0 Å². The summed E-state index contributed by atoms with van der Waals surface area (Å²) in [6.45, 7) is 5.78. The molecule has 5 saturated heterocycles. The summed E-state index contributed by atoms with van der Waals surface area (Å²) in [5.41, 5.74) is -1.46. The Morgan fingerprint density at radius 1 is 1.19 bits per heavy atom. The lowest BCUT2D eigenvalue weighted by atomic mass is 9.41. The van der Waals surface area contributed by atoms with Gasteiger partial charge in [0.2, 0.25) is 0 Å². The maximum atomic E-state index is 12.4. The van der Waals surface area contributed by atoms with Gasteiger partial charge in [-0.25, -0.2) is 0 Å². The molecular weight excluding hydrogens is 398 g/mol. The topological polar surface area (TPSA) is 69.6 Å². The molecule has 5 heterocycles. The van der Waals surface area contributed by atoms with Gasteiger partial charge in [-0.3, -0.25) is 4.90 Å². The molecule has 0 aromatic carbocycles. The molecule has 0 radical (unpaired) electrons. The molecule has 5 aliphatic carbocycles. The fraction of sp³-hybridized carbons (Fsp3) is 1.00. The normalized spacial score (nSPS) is 69.2. The van der Waals surface area contributed by atoms with E-state index in [1.807, 2.05) is 14.2 Å². The Balaban J connectivity index is 1.47. The van der Waals surface area contributed by atoms with Crippen LogP contribution in [0.3, 0.4) is 0 Å². The molecule has 3 spiro atoms. The van der Waals surface area contributed by atoms with E-state index in [9.17, 15) is 5.11 Å². The molecule has 0 unspecified atom stereocenters. The van der Waals surface area contributed by atoms with Crippen LogP contribution in [0.1, 0.15) is 39.5 Å². The number of likely N-dealkylation sites (N-methyl/N-ethyl adjacent to an activating group) is 1. The van der Waals surface area contributed by atoms with Crippen LogP contribution in [0.25, 0.3) is 0 Å². The first-order valence-corrected chi connectivity index (χ1v) is 12.4. The van der Waals surface area contributed by atoms with Gasteiger partial charge in [-0.1, -0.05) is 13.8 Å². The first-order chi connectivity index (χ1) is 15.0. The quantitative estimate of drug-likeness (QED) is 0.721. The van der Waals surface area contributed by atoms with Crippen LogP contribution in [0, 0.1) is 34.5 Å². The summed E-state index contributed by atoms with van der Waals surface area (Å²) in [6, 6.07) is 0.137. The van der Waals surface area contributed by atoms with Crippen LogP contribution in [0.2, 0.25) is 0 Å². The fourth-order valence-corrected chi connectivity index (χ4v) is 11.7. The predicted molar refractivity (Wildman–Crippen MR) is 108 cm³/mol. The van der Waals surface area contributed by atoms with Gasteiger partial charge in [0.15, 0.2) is 0 Å². The molecule has 5 aliphatic heterocycles. The second-order valence-electron chi connectivity index (χ2n) is 12.0. The largest absolute Gasteiger partial charge is 0.390 e. The van der Waals surface area contributed by atoms with Crippen LogP contribution < -0.4 is 0 Å². The SMILES string of the molecule is CCN1[C@H]2O[C@H]3CC[C@]2(C)[C@H]2[C@H](O)[C@@]45OCO[C@@]46C[C@H](OC)[C@H]4C[C@H]([C@@H]6[C@H]4OC)[C@]32[C@H]15. The molecule has 1 N–H and O–H groups in total. The molecule has 0 aromatic rings. The molecule has 14 atom stereocenters. The number of hydrogen-bond acceptors (Lipinski definition) is 7. The highest BCUT2D eigenvalue weighted by molar-refractivity contribution is 5.44. The molecule has 7 nitrogen and oxygen atoms in total. The Bertz CT molecular complexity index is 856. The average molecular weight is 434 g/mol. The number of fused-ring (bicyclic) bond motifs is 2. The van der Waals surface area contributed by atoms with Crippen molar-refractivity contribution in [2.75, 3.05) is 27.6 Å². The van der Waals surface area contributed by atoms with E-state index < -0.39 is 17.3 Å².